The van der Waals surface area contributed by atoms with Gasteiger partial charge in [0, 0.05) is 6.07 Å². The summed E-state index contributed by atoms with van der Waals surface area (Å²) < 4.78 is 12.7. The molecule has 1 heterocycles. The number of hydrogen-bond acceptors (Lipinski definition) is 4. The lowest BCUT2D eigenvalue weighted by Crippen LogP contribution is -2.15. The highest BCUT2D eigenvalue weighted by atomic mass is 79.9. The zero-order valence-electron chi connectivity index (χ0n) is 12.7. The molecule has 0 bridgehead atoms. The Morgan fingerprint density at radius 2 is 1.74 bits per heavy atom. The molecule has 6 heteroatoms. The van der Waals surface area contributed by atoms with E-state index in [0.29, 0.717) is 28.9 Å². The molecule has 0 spiro atoms. The molecule has 0 saturated carbocycles. The van der Waals surface area contributed by atoms with Crippen LogP contribution in [0.4, 0.5) is 0 Å². The Morgan fingerprint density at radius 3 is 2.39 bits per heavy atom. The molecule has 5 nitrogen and oxygen atoms in total. The minimum atomic E-state index is -0.176. The number of fused-ring (bicyclic) bond motifs is 1. The molecule has 0 N–H and O–H groups in total. The number of benzene rings is 2. The normalized spacial score (nSPS) is 10.7. The van der Waals surface area contributed by atoms with Gasteiger partial charge in [-0.25, -0.2) is 0 Å². The molecule has 0 amide bonds. The molecule has 0 aliphatic heterocycles. The first-order valence-electron chi connectivity index (χ1n) is 7.00. The van der Waals surface area contributed by atoms with E-state index in [0.717, 1.165) is 5.56 Å². The number of nitrogens with zero attached hydrogens (tertiary/aromatic N) is 2. The fraction of sp³-hybridized carbons (Fsp3) is 0.176. The van der Waals surface area contributed by atoms with E-state index < -0.39 is 0 Å². The summed E-state index contributed by atoms with van der Waals surface area (Å²) >= 11 is 3.25. The van der Waals surface area contributed by atoms with Crippen molar-refractivity contribution in [1.29, 1.82) is 0 Å². The first kappa shape index (κ1) is 15.6. The second-order valence-corrected chi connectivity index (χ2v) is 5.74. The fourth-order valence-electron chi connectivity index (χ4n) is 2.46. The van der Waals surface area contributed by atoms with Crippen LogP contribution in [0.1, 0.15) is 5.56 Å². The molecule has 0 aliphatic rings. The fourth-order valence-corrected chi connectivity index (χ4v) is 2.86. The molecule has 3 rings (SSSR count). The smallest absolute Gasteiger partial charge is 0.222 e. The average Bonchev–Trinajstić information content (AvgIpc) is 2.59. The Kier molecular flexibility index (Phi) is 4.34. The molecule has 0 atom stereocenters. The van der Waals surface area contributed by atoms with Crippen molar-refractivity contribution in [1.82, 2.24) is 9.78 Å². The summed E-state index contributed by atoms with van der Waals surface area (Å²) in [6, 6.07) is 13.4. The molecule has 118 valence electrons. The van der Waals surface area contributed by atoms with Crippen molar-refractivity contribution in [3.63, 3.8) is 0 Å². The first-order valence-corrected chi connectivity index (χ1v) is 7.79. The van der Waals surface area contributed by atoms with Crippen molar-refractivity contribution in [3.8, 4) is 11.5 Å². The molecular weight excluding hydrogens is 360 g/mol. The Hall–Kier alpha value is -2.34. The van der Waals surface area contributed by atoms with Gasteiger partial charge in [0.25, 0.3) is 0 Å². The Morgan fingerprint density at radius 1 is 1.09 bits per heavy atom. The van der Waals surface area contributed by atoms with E-state index in [9.17, 15) is 4.79 Å². The number of rotatable bonds is 4. The third-order valence-electron chi connectivity index (χ3n) is 3.60. The highest BCUT2D eigenvalue weighted by Gasteiger charge is 2.14. The van der Waals surface area contributed by atoms with Crippen LogP contribution in [0.2, 0.25) is 0 Å². The molecule has 1 aromatic heterocycles. The topological polar surface area (TPSA) is 53.3 Å². The van der Waals surface area contributed by atoms with E-state index in [-0.39, 0.29) is 10.0 Å². The molecular formula is C17H15BrN2O3. The molecule has 0 saturated heterocycles. The molecule has 0 radical (unpaired) electrons. The molecule has 2 aromatic carbocycles. The third kappa shape index (κ3) is 2.94. The lowest BCUT2D eigenvalue weighted by Gasteiger charge is -2.14. The van der Waals surface area contributed by atoms with E-state index in [1.54, 1.807) is 31.0 Å². The van der Waals surface area contributed by atoms with Gasteiger partial charge in [0.1, 0.15) is 0 Å². The van der Waals surface area contributed by atoms with Gasteiger partial charge in [-0.1, -0.05) is 30.3 Å². The van der Waals surface area contributed by atoms with Crippen molar-refractivity contribution in [2.75, 3.05) is 14.2 Å². The lowest BCUT2D eigenvalue weighted by atomic mass is 10.2. The van der Waals surface area contributed by atoms with Crippen molar-refractivity contribution >= 4 is 26.8 Å². The van der Waals surface area contributed by atoms with E-state index in [1.807, 2.05) is 30.3 Å². The average molecular weight is 375 g/mol. The van der Waals surface area contributed by atoms with Crippen molar-refractivity contribution < 1.29 is 9.47 Å². The van der Waals surface area contributed by atoms with Crippen LogP contribution >= 0.6 is 15.9 Å². The van der Waals surface area contributed by atoms with Crippen molar-refractivity contribution in [2.45, 2.75) is 6.54 Å². The minimum Gasteiger partial charge on any atom is -0.493 e. The molecule has 0 aliphatic carbocycles. The van der Waals surface area contributed by atoms with Crippen LogP contribution in [0.3, 0.4) is 0 Å². The van der Waals surface area contributed by atoms with Crippen LogP contribution in [-0.2, 0) is 6.54 Å². The molecule has 0 fully saturated rings. The van der Waals surface area contributed by atoms with Crippen molar-refractivity contribution in [3.05, 3.63) is 62.9 Å². The Balaban J connectivity index is 2.25. The van der Waals surface area contributed by atoms with Crippen LogP contribution in [0.15, 0.2) is 51.9 Å². The summed E-state index contributed by atoms with van der Waals surface area (Å²) in [5, 5.41) is 4.88. The minimum absolute atomic E-state index is 0.176. The largest absolute Gasteiger partial charge is 0.493 e. The van der Waals surface area contributed by atoms with Crippen LogP contribution in [-0.4, -0.2) is 24.0 Å². The number of ether oxygens (including phenoxy) is 2. The maximum atomic E-state index is 12.4. The SMILES string of the molecule is COc1cc2c(=O)c(Br)nn(Cc3ccccc3)c2cc1OC. The lowest BCUT2D eigenvalue weighted by molar-refractivity contribution is 0.355. The summed E-state index contributed by atoms with van der Waals surface area (Å²) in [7, 11) is 3.11. The van der Waals surface area contributed by atoms with Gasteiger partial charge in [-0.15, -0.1) is 0 Å². The molecule has 23 heavy (non-hydrogen) atoms. The standard InChI is InChI=1S/C17H15BrN2O3/c1-22-14-8-12-13(9-15(14)23-2)20(19-17(18)16(12)21)10-11-6-4-3-5-7-11/h3-9H,10H2,1-2H3. The summed E-state index contributed by atoms with van der Waals surface area (Å²) in [4.78, 5) is 12.4. The predicted molar refractivity (Wildman–Crippen MR) is 92.4 cm³/mol. The van der Waals surface area contributed by atoms with E-state index >= 15 is 0 Å². The van der Waals surface area contributed by atoms with Crippen LogP contribution in [0.25, 0.3) is 10.9 Å². The van der Waals surface area contributed by atoms with Crippen molar-refractivity contribution in [2.24, 2.45) is 0 Å². The Labute approximate surface area is 141 Å². The molecule has 0 unspecified atom stereocenters. The van der Waals surface area contributed by atoms with Gasteiger partial charge in [0.2, 0.25) is 5.43 Å². The third-order valence-corrected chi connectivity index (χ3v) is 4.11. The summed E-state index contributed by atoms with van der Waals surface area (Å²) in [5.74, 6) is 1.08. The van der Waals surface area contributed by atoms with E-state index in [1.165, 1.54) is 0 Å². The van der Waals surface area contributed by atoms with Gasteiger partial charge >= 0.3 is 0 Å². The highest BCUT2D eigenvalue weighted by molar-refractivity contribution is 9.10. The van der Waals surface area contributed by atoms with Gasteiger partial charge in [-0.05, 0) is 27.6 Å². The van der Waals surface area contributed by atoms with Crippen LogP contribution in [0.5, 0.6) is 11.5 Å². The second-order valence-electron chi connectivity index (χ2n) is 4.99. The van der Waals surface area contributed by atoms with Gasteiger partial charge in [0.05, 0.1) is 31.7 Å². The van der Waals surface area contributed by atoms with Gasteiger partial charge in [-0.3, -0.25) is 9.48 Å². The quantitative estimate of drug-likeness (QED) is 0.703. The van der Waals surface area contributed by atoms with Gasteiger partial charge < -0.3 is 9.47 Å². The van der Waals surface area contributed by atoms with E-state index in [4.69, 9.17) is 9.47 Å². The van der Waals surface area contributed by atoms with Crippen LogP contribution < -0.4 is 14.9 Å². The maximum Gasteiger partial charge on any atom is 0.222 e. The summed E-state index contributed by atoms with van der Waals surface area (Å²) in [6.07, 6.45) is 0. The zero-order valence-corrected chi connectivity index (χ0v) is 14.3. The first-order chi connectivity index (χ1) is 11.1. The second kappa shape index (κ2) is 6.42. The molecule has 3 aromatic rings. The summed E-state index contributed by atoms with van der Waals surface area (Å²) in [6.45, 7) is 0.547. The Bertz CT molecular complexity index is 907. The maximum absolute atomic E-state index is 12.4. The van der Waals surface area contributed by atoms with E-state index in [2.05, 4.69) is 21.0 Å². The number of aromatic nitrogens is 2. The number of methoxy groups -OCH3 is 2. The van der Waals surface area contributed by atoms with Gasteiger partial charge in [-0.2, -0.15) is 5.10 Å². The monoisotopic (exact) mass is 374 g/mol. The van der Waals surface area contributed by atoms with Crippen LogP contribution in [0, 0.1) is 0 Å². The van der Waals surface area contributed by atoms with Gasteiger partial charge in [0.15, 0.2) is 16.1 Å². The predicted octanol–water partition coefficient (Wildman–Crippen LogP) is 3.22. The number of hydrogen-bond donors (Lipinski definition) is 0. The highest BCUT2D eigenvalue weighted by Crippen LogP contribution is 2.31. The number of halogens is 1. The summed E-state index contributed by atoms with van der Waals surface area (Å²) in [5.41, 5.74) is 1.61. The zero-order chi connectivity index (χ0) is 16.4.